The molecule has 1 amide bonds. The molecule has 31 heavy (non-hydrogen) atoms. The number of nitrogens with zero attached hydrogens (tertiary/aromatic N) is 2. The Labute approximate surface area is 179 Å². The van der Waals surface area contributed by atoms with E-state index >= 15 is 0 Å². The van der Waals surface area contributed by atoms with Crippen LogP contribution in [0.4, 0.5) is 10.5 Å². The number of hydrogen-bond donors (Lipinski definition) is 2. The second-order valence-electron chi connectivity index (χ2n) is 7.26. The fourth-order valence-corrected chi connectivity index (χ4v) is 5.14. The lowest BCUT2D eigenvalue weighted by Gasteiger charge is -2.26. The number of benzene rings is 2. The number of ether oxygens (including phenoxy) is 1. The second kappa shape index (κ2) is 9.41. The van der Waals surface area contributed by atoms with E-state index < -0.39 is 49.8 Å². The molecule has 1 fully saturated rings. The molecule has 0 heterocycles. The molecule has 0 saturated heterocycles. The van der Waals surface area contributed by atoms with Gasteiger partial charge in [-0.2, -0.15) is 4.31 Å². The van der Waals surface area contributed by atoms with Gasteiger partial charge in [0.25, 0.3) is 5.69 Å². The minimum atomic E-state index is -4.24. The lowest BCUT2D eigenvalue weighted by atomic mass is 10.2. The summed E-state index contributed by atoms with van der Waals surface area (Å²) in [5.41, 5.74) is 0.276. The number of amides is 1. The van der Waals surface area contributed by atoms with Gasteiger partial charge in [-0.15, -0.1) is 0 Å². The number of carbonyl (C=O) groups is 1. The summed E-state index contributed by atoms with van der Waals surface area (Å²) in [6, 6.07) is 12.8. The smallest absolute Gasteiger partial charge is 0.407 e. The molecule has 0 unspecified atom stereocenters. The number of carbonyl (C=O) groups excluding carboxylic acids is 1. The number of nitro benzene ring substituents is 1. The summed E-state index contributed by atoms with van der Waals surface area (Å²) in [5.74, 6) is 0. The Morgan fingerprint density at radius 2 is 1.84 bits per heavy atom. The van der Waals surface area contributed by atoms with Crippen LogP contribution in [0.2, 0.25) is 0 Å². The number of nitro groups is 1. The lowest BCUT2D eigenvalue weighted by Crippen LogP contribution is -2.42. The van der Waals surface area contributed by atoms with E-state index in [1.807, 2.05) is 30.3 Å². The minimum absolute atomic E-state index is 0.0807. The standard InChI is InChI=1S/C20H23N3O7S/c1-22(31(28,29)19-10-6-5-9-16(19)23(26)27)17-11-15(12-18(17)24)21-20(25)30-13-14-7-3-2-4-8-14/h2-10,15,17-18,24H,11-13H2,1H3,(H,21,25)/t15-,17+,18-/m1/s1. The Morgan fingerprint density at radius 1 is 1.19 bits per heavy atom. The first-order valence-electron chi connectivity index (χ1n) is 9.57. The molecule has 166 valence electrons. The molecule has 0 aromatic heterocycles. The number of aliphatic hydroxyl groups is 1. The number of alkyl carbamates (subject to hydrolysis) is 1. The molecule has 0 radical (unpaired) electrons. The molecule has 1 aliphatic rings. The third-order valence-corrected chi connectivity index (χ3v) is 7.15. The highest BCUT2D eigenvalue weighted by molar-refractivity contribution is 7.89. The van der Waals surface area contributed by atoms with E-state index in [4.69, 9.17) is 4.74 Å². The molecule has 0 bridgehead atoms. The average Bonchev–Trinajstić information content (AvgIpc) is 3.12. The van der Waals surface area contributed by atoms with Gasteiger partial charge in [-0.05, 0) is 24.5 Å². The molecule has 3 atom stereocenters. The van der Waals surface area contributed by atoms with Crippen LogP contribution in [0.15, 0.2) is 59.5 Å². The Bertz CT molecular complexity index is 1050. The molecule has 2 aromatic rings. The van der Waals surface area contributed by atoms with Gasteiger partial charge < -0.3 is 15.2 Å². The summed E-state index contributed by atoms with van der Waals surface area (Å²) in [7, 11) is -2.98. The number of likely N-dealkylation sites (N-methyl/N-ethyl adjacent to an activating group) is 1. The quantitative estimate of drug-likeness (QED) is 0.487. The first kappa shape index (κ1) is 22.7. The monoisotopic (exact) mass is 449 g/mol. The first-order chi connectivity index (χ1) is 14.7. The van der Waals surface area contributed by atoms with Crippen molar-refractivity contribution in [1.29, 1.82) is 0 Å². The Balaban J connectivity index is 1.65. The molecule has 3 rings (SSSR count). The largest absolute Gasteiger partial charge is 0.445 e. The number of sulfonamides is 1. The van der Waals surface area contributed by atoms with Crippen LogP contribution in [-0.4, -0.2) is 54.1 Å². The van der Waals surface area contributed by atoms with Crippen molar-refractivity contribution in [2.45, 2.75) is 42.5 Å². The van der Waals surface area contributed by atoms with Crippen molar-refractivity contribution in [2.24, 2.45) is 0 Å². The summed E-state index contributed by atoms with van der Waals surface area (Å²) in [6.45, 7) is 0.0807. The highest BCUT2D eigenvalue weighted by Gasteiger charge is 2.42. The number of para-hydroxylation sites is 1. The third kappa shape index (κ3) is 5.19. The van der Waals surface area contributed by atoms with Crippen LogP contribution < -0.4 is 5.32 Å². The van der Waals surface area contributed by atoms with Gasteiger partial charge in [-0.1, -0.05) is 42.5 Å². The van der Waals surface area contributed by atoms with E-state index in [1.54, 1.807) is 0 Å². The SMILES string of the molecule is CN([C@H]1C[C@@H](NC(=O)OCc2ccccc2)C[C@H]1O)S(=O)(=O)c1ccccc1[N+](=O)[O-]. The molecule has 2 N–H and O–H groups in total. The van der Waals surface area contributed by atoms with Gasteiger partial charge in [0.15, 0.2) is 4.90 Å². The molecule has 2 aromatic carbocycles. The molecular formula is C20H23N3O7S. The van der Waals surface area contributed by atoms with Crippen LogP contribution in [-0.2, 0) is 21.4 Å². The maximum absolute atomic E-state index is 13.0. The van der Waals surface area contributed by atoms with E-state index in [0.29, 0.717) is 0 Å². The highest BCUT2D eigenvalue weighted by atomic mass is 32.2. The summed E-state index contributed by atoms with van der Waals surface area (Å²) < 4.78 is 32.0. The van der Waals surface area contributed by atoms with Gasteiger partial charge in [0.05, 0.1) is 17.1 Å². The van der Waals surface area contributed by atoms with E-state index in [1.165, 1.54) is 19.2 Å². The highest BCUT2D eigenvalue weighted by Crippen LogP contribution is 2.31. The Morgan fingerprint density at radius 3 is 2.52 bits per heavy atom. The summed E-state index contributed by atoms with van der Waals surface area (Å²) in [6.07, 6.45) is -1.47. The third-order valence-electron chi connectivity index (χ3n) is 5.22. The average molecular weight is 449 g/mol. The van der Waals surface area contributed by atoms with Crippen LogP contribution >= 0.6 is 0 Å². The summed E-state index contributed by atoms with van der Waals surface area (Å²) in [4.78, 5) is 22.1. The van der Waals surface area contributed by atoms with E-state index in [2.05, 4.69) is 5.32 Å². The lowest BCUT2D eigenvalue weighted by molar-refractivity contribution is -0.387. The van der Waals surface area contributed by atoms with Crippen molar-refractivity contribution in [3.63, 3.8) is 0 Å². The van der Waals surface area contributed by atoms with Crippen molar-refractivity contribution in [2.75, 3.05) is 7.05 Å². The van der Waals surface area contributed by atoms with E-state index in [0.717, 1.165) is 22.0 Å². The Kier molecular flexibility index (Phi) is 6.88. The van der Waals surface area contributed by atoms with Crippen LogP contribution in [0.25, 0.3) is 0 Å². The van der Waals surface area contributed by atoms with Crippen molar-refractivity contribution in [3.8, 4) is 0 Å². The van der Waals surface area contributed by atoms with Crippen LogP contribution in [0.5, 0.6) is 0 Å². The van der Waals surface area contributed by atoms with Crippen LogP contribution in [0.1, 0.15) is 18.4 Å². The fourth-order valence-electron chi connectivity index (χ4n) is 3.59. The van der Waals surface area contributed by atoms with Crippen molar-refractivity contribution >= 4 is 21.8 Å². The zero-order valence-corrected chi connectivity index (χ0v) is 17.6. The van der Waals surface area contributed by atoms with E-state index in [-0.39, 0.29) is 19.4 Å². The number of hydrogen-bond acceptors (Lipinski definition) is 7. The molecule has 10 nitrogen and oxygen atoms in total. The number of nitrogens with one attached hydrogen (secondary N) is 1. The van der Waals surface area contributed by atoms with Crippen molar-refractivity contribution in [3.05, 3.63) is 70.3 Å². The predicted molar refractivity (Wildman–Crippen MR) is 111 cm³/mol. The van der Waals surface area contributed by atoms with Gasteiger partial charge in [0.1, 0.15) is 6.61 Å². The fraction of sp³-hybridized carbons (Fsp3) is 0.350. The molecule has 11 heteroatoms. The summed E-state index contributed by atoms with van der Waals surface area (Å²) >= 11 is 0. The molecule has 0 spiro atoms. The van der Waals surface area contributed by atoms with Gasteiger partial charge in [0.2, 0.25) is 10.0 Å². The molecule has 0 aliphatic heterocycles. The van der Waals surface area contributed by atoms with Gasteiger partial charge in [0, 0.05) is 19.2 Å². The van der Waals surface area contributed by atoms with Gasteiger partial charge in [-0.25, -0.2) is 13.2 Å². The van der Waals surface area contributed by atoms with Crippen LogP contribution in [0, 0.1) is 10.1 Å². The maximum atomic E-state index is 13.0. The zero-order valence-electron chi connectivity index (χ0n) is 16.7. The normalized spacial score (nSPS) is 21.1. The van der Waals surface area contributed by atoms with Gasteiger partial charge in [-0.3, -0.25) is 10.1 Å². The Hall–Kier alpha value is -3.02. The minimum Gasteiger partial charge on any atom is -0.445 e. The molecular weight excluding hydrogens is 426 g/mol. The van der Waals surface area contributed by atoms with Crippen molar-refractivity contribution < 1.29 is 28.0 Å². The number of rotatable bonds is 7. The van der Waals surface area contributed by atoms with Gasteiger partial charge >= 0.3 is 6.09 Å². The topological polar surface area (TPSA) is 139 Å². The van der Waals surface area contributed by atoms with E-state index in [9.17, 15) is 28.4 Å². The molecule has 1 aliphatic carbocycles. The van der Waals surface area contributed by atoms with Crippen molar-refractivity contribution in [1.82, 2.24) is 9.62 Å². The second-order valence-corrected chi connectivity index (χ2v) is 9.22. The predicted octanol–water partition coefficient (Wildman–Crippen LogP) is 2.03. The molecule has 1 saturated carbocycles. The summed E-state index contributed by atoms with van der Waals surface area (Å²) in [5, 5.41) is 24.3. The number of aliphatic hydroxyl groups excluding tert-OH is 1. The zero-order chi connectivity index (χ0) is 22.6. The van der Waals surface area contributed by atoms with Crippen LogP contribution in [0.3, 0.4) is 0 Å². The first-order valence-corrected chi connectivity index (χ1v) is 11.0. The maximum Gasteiger partial charge on any atom is 0.407 e.